The van der Waals surface area contributed by atoms with Crippen LogP contribution in [0.3, 0.4) is 0 Å². The van der Waals surface area contributed by atoms with E-state index in [0.29, 0.717) is 18.1 Å². The third-order valence-corrected chi connectivity index (χ3v) is 8.66. The van der Waals surface area contributed by atoms with E-state index in [9.17, 15) is 0 Å². The topological polar surface area (TPSA) is 74.4 Å². The molecule has 0 atom stereocenters. The number of H-pyrrole nitrogens is 1. The van der Waals surface area contributed by atoms with E-state index in [-0.39, 0.29) is 0 Å². The molecule has 4 heterocycles. The van der Waals surface area contributed by atoms with Gasteiger partial charge < -0.3 is 30.0 Å². The number of methoxy groups -OCH3 is 1. The van der Waals surface area contributed by atoms with E-state index in [1.165, 1.54) is 51.6 Å². The van der Waals surface area contributed by atoms with E-state index in [2.05, 4.69) is 57.8 Å². The number of aryl methyl sites for hydroxylation is 1. The third-order valence-electron chi connectivity index (χ3n) is 8.66. The van der Waals surface area contributed by atoms with Crippen LogP contribution in [0.1, 0.15) is 50.6 Å². The van der Waals surface area contributed by atoms with Gasteiger partial charge in [0, 0.05) is 35.4 Å². The predicted molar refractivity (Wildman–Crippen MR) is 150 cm³/mol. The average Bonchev–Trinajstić information content (AvgIpc) is 3.57. The Morgan fingerprint density at radius 2 is 1.89 bits per heavy atom. The van der Waals surface area contributed by atoms with Crippen molar-refractivity contribution >= 4 is 16.6 Å². The van der Waals surface area contributed by atoms with Crippen molar-refractivity contribution in [3.05, 3.63) is 36.0 Å². The highest BCUT2D eigenvalue weighted by Gasteiger charge is 2.44. The number of likely N-dealkylation sites (tertiary alicyclic amines) is 1. The lowest BCUT2D eigenvalue weighted by molar-refractivity contribution is 0.0719. The summed E-state index contributed by atoms with van der Waals surface area (Å²) in [5.41, 5.74) is 5.70. The summed E-state index contributed by atoms with van der Waals surface area (Å²) in [7, 11) is 1.72. The van der Waals surface area contributed by atoms with Crippen molar-refractivity contribution in [2.24, 2.45) is 5.41 Å². The first kappa shape index (κ1) is 24.6. The molecule has 1 aromatic carbocycles. The van der Waals surface area contributed by atoms with Crippen LogP contribution in [0.2, 0.25) is 0 Å². The molecule has 0 radical (unpaired) electrons. The van der Waals surface area contributed by atoms with Crippen LogP contribution in [-0.2, 0) is 0 Å². The average molecular weight is 504 g/mol. The van der Waals surface area contributed by atoms with Gasteiger partial charge in [0.05, 0.1) is 30.6 Å². The number of piperidine rings is 1. The number of aromatic nitrogens is 2. The smallest absolute Gasteiger partial charge is 0.163 e. The number of hydrogen-bond donors (Lipinski definition) is 3. The molecule has 0 amide bonds. The number of ether oxygens (including phenoxy) is 2. The molecule has 3 fully saturated rings. The second-order valence-corrected chi connectivity index (χ2v) is 11.4. The SMILES string of the molecule is COc1cc2c(NC3CC4(CCNCC4)C3)cc(-c3ccc(C)[nH]3)nc2cc1OCCCN1CCCC1. The summed E-state index contributed by atoms with van der Waals surface area (Å²) in [5.74, 6) is 1.54. The number of rotatable bonds is 9. The minimum atomic E-state index is 0.495. The van der Waals surface area contributed by atoms with Gasteiger partial charge in [-0.3, -0.25) is 0 Å². The standard InChI is InChI=1S/C30H41N5O2/c1-21-6-7-24(32-21)27-17-25(33-22-19-30(20-22)8-10-31-11-9-30)23-16-28(36-2)29(18-26(23)34-27)37-15-5-14-35-12-3-4-13-35/h6-7,16-18,22,31-32H,3-5,8-15,19-20H2,1-2H3,(H,33,34). The van der Waals surface area contributed by atoms with E-state index >= 15 is 0 Å². The predicted octanol–water partition coefficient (Wildman–Crippen LogP) is 5.36. The van der Waals surface area contributed by atoms with E-state index in [1.807, 2.05) is 0 Å². The van der Waals surface area contributed by atoms with Gasteiger partial charge in [-0.25, -0.2) is 4.98 Å². The number of benzene rings is 1. The van der Waals surface area contributed by atoms with Gasteiger partial charge in [0.25, 0.3) is 0 Å². The number of aromatic amines is 1. The van der Waals surface area contributed by atoms with Gasteiger partial charge in [0.15, 0.2) is 11.5 Å². The van der Waals surface area contributed by atoms with Crippen molar-refractivity contribution < 1.29 is 9.47 Å². The normalized spacial score (nSPS) is 19.8. The molecular formula is C30H41N5O2. The molecule has 2 saturated heterocycles. The molecule has 2 aromatic heterocycles. The maximum absolute atomic E-state index is 6.25. The van der Waals surface area contributed by atoms with Gasteiger partial charge in [-0.15, -0.1) is 0 Å². The number of hydrogen-bond acceptors (Lipinski definition) is 6. The first-order chi connectivity index (χ1) is 18.1. The summed E-state index contributed by atoms with van der Waals surface area (Å²) in [6, 6.07) is 11.1. The Hall–Kier alpha value is -2.77. The minimum absolute atomic E-state index is 0.495. The Morgan fingerprint density at radius 3 is 2.62 bits per heavy atom. The first-order valence-corrected chi connectivity index (χ1v) is 14.1. The molecule has 198 valence electrons. The molecule has 3 N–H and O–H groups in total. The Labute approximate surface area is 220 Å². The van der Waals surface area contributed by atoms with Crippen LogP contribution in [0.4, 0.5) is 5.69 Å². The molecule has 3 aromatic rings. The lowest BCUT2D eigenvalue weighted by atomic mass is 9.60. The van der Waals surface area contributed by atoms with Crippen LogP contribution in [0.5, 0.6) is 11.5 Å². The summed E-state index contributed by atoms with van der Waals surface area (Å²) in [6.07, 6.45) is 8.73. The van der Waals surface area contributed by atoms with Crippen molar-refractivity contribution in [1.29, 1.82) is 0 Å². The van der Waals surface area contributed by atoms with Crippen molar-refractivity contribution in [2.45, 2.75) is 57.9 Å². The molecule has 37 heavy (non-hydrogen) atoms. The van der Waals surface area contributed by atoms with Gasteiger partial charge >= 0.3 is 0 Å². The number of nitrogens with one attached hydrogen (secondary N) is 3. The van der Waals surface area contributed by atoms with Gasteiger partial charge in [0.2, 0.25) is 0 Å². The van der Waals surface area contributed by atoms with Crippen LogP contribution in [0.25, 0.3) is 22.3 Å². The van der Waals surface area contributed by atoms with Crippen molar-refractivity contribution in [2.75, 3.05) is 51.8 Å². The molecule has 1 saturated carbocycles. The minimum Gasteiger partial charge on any atom is -0.493 e. The highest BCUT2D eigenvalue weighted by Crippen LogP contribution is 2.49. The summed E-state index contributed by atoms with van der Waals surface area (Å²) < 4.78 is 12.0. The fourth-order valence-corrected chi connectivity index (χ4v) is 6.57. The molecule has 2 aliphatic heterocycles. The molecule has 7 nitrogen and oxygen atoms in total. The van der Waals surface area contributed by atoms with E-state index in [0.717, 1.165) is 71.2 Å². The second-order valence-electron chi connectivity index (χ2n) is 11.4. The lowest BCUT2D eigenvalue weighted by Gasteiger charge is -2.51. The Morgan fingerprint density at radius 1 is 1.08 bits per heavy atom. The lowest BCUT2D eigenvalue weighted by Crippen LogP contribution is -2.50. The van der Waals surface area contributed by atoms with Gasteiger partial charge in [-0.2, -0.15) is 0 Å². The molecule has 0 bridgehead atoms. The molecule has 6 rings (SSSR count). The van der Waals surface area contributed by atoms with E-state index < -0.39 is 0 Å². The van der Waals surface area contributed by atoms with Crippen molar-refractivity contribution in [3.63, 3.8) is 0 Å². The van der Waals surface area contributed by atoms with Crippen LogP contribution in [0.15, 0.2) is 30.3 Å². The number of fused-ring (bicyclic) bond motifs is 1. The summed E-state index contributed by atoms with van der Waals surface area (Å²) >= 11 is 0. The van der Waals surface area contributed by atoms with Crippen molar-refractivity contribution in [3.8, 4) is 22.9 Å². The Kier molecular flexibility index (Phi) is 7.00. The van der Waals surface area contributed by atoms with Crippen molar-refractivity contribution in [1.82, 2.24) is 20.2 Å². The first-order valence-electron chi connectivity index (χ1n) is 14.1. The fraction of sp³-hybridized carbons (Fsp3) is 0.567. The van der Waals surface area contributed by atoms with Crippen LogP contribution >= 0.6 is 0 Å². The summed E-state index contributed by atoms with van der Waals surface area (Å²) in [4.78, 5) is 11.0. The van der Waals surface area contributed by atoms with Crippen LogP contribution < -0.4 is 20.1 Å². The van der Waals surface area contributed by atoms with Gasteiger partial charge in [-0.1, -0.05) is 0 Å². The quantitative estimate of drug-likeness (QED) is 0.342. The summed E-state index contributed by atoms with van der Waals surface area (Å²) in [6.45, 7) is 8.60. The zero-order valence-corrected chi connectivity index (χ0v) is 22.4. The number of pyridine rings is 1. The number of anilines is 1. The zero-order valence-electron chi connectivity index (χ0n) is 22.4. The Bertz CT molecular complexity index is 1220. The fourth-order valence-electron chi connectivity index (χ4n) is 6.57. The van der Waals surface area contributed by atoms with Crippen LogP contribution in [-0.4, -0.2) is 67.4 Å². The number of nitrogens with zero attached hydrogens (tertiary/aromatic N) is 2. The van der Waals surface area contributed by atoms with E-state index in [1.54, 1.807) is 7.11 Å². The highest BCUT2D eigenvalue weighted by molar-refractivity contribution is 5.96. The Balaban J connectivity index is 1.26. The summed E-state index contributed by atoms with van der Waals surface area (Å²) in [5, 5.41) is 8.49. The van der Waals surface area contributed by atoms with Gasteiger partial charge in [-0.05, 0) is 108 Å². The molecule has 3 aliphatic rings. The largest absolute Gasteiger partial charge is 0.493 e. The molecular weight excluding hydrogens is 462 g/mol. The van der Waals surface area contributed by atoms with Gasteiger partial charge in [0.1, 0.15) is 0 Å². The monoisotopic (exact) mass is 503 g/mol. The molecule has 0 unspecified atom stereocenters. The third kappa shape index (κ3) is 5.30. The maximum atomic E-state index is 6.25. The zero-order chi connectivity index (χ0) is 25.2. The maximum Gasteiger partial charge on any atom is 0.163 e. The van der Waals surface area contributed by atoms with Crippen LogP contribution in [0, 0.1) is 12.3 Å². The van der Waals surface area contributed by atoms with E-state index in [4.69, 9.17) is 14.5 Å². The second kappa shape index (κ2) is 10.5. The highest BCUT2D eigenvalue weighted by atomic mass is 16.5. The molecule has 7 heteroatoms. The molecule has 1 aliphatic carbocycles. The molecule has 1 spiro atoms.